The van der Waals surface area contributed by atoms with Crippen LogP contribution >= 0.6 is 12.2 Å². The standard InChI is InChI=1S/C22H32N4O5S2/c1-22(2,3)31-21(28)26-12-10-25(11-13-26)20(32)15-18(27)14-17-6-8-19(9-7-17)33(29,30)23-16-24(4)5/h6-9,16H,10-15H2,1-5H3. The Balaban J connectivity index is 1.85. The van der Waals surface area contributed by atoms with Gasteiger partial charge in [0, 0.05) is 46.7 Å². The number of ether oxygens (including phenoxy) is 1. The molecule has 2 rings (SSSR count). The molecule has 1 aliphatic heterocycles. The maximum atomic E-state index is 12.5. The lowest BCUT2D eigenvalue weighted by Crippen LogP contribution is -2.51. The molecule has 182 valence electrons. The first-order valence-electron chi connectivity index (χ1n) is 10.6. The summed E-state index contributed by atoms with van der Waals surface area (Å²) in [5.41, 5.74) is 0.158. The minimum atomic E-state index is -3.78. The number of carbonyl (C=O) groups is 2. The fraction of sp³-hybridized carbons (Fsp3) is 0.545. The maximum absolute atomic E-state index is 12.5. The molecule has 0 radical (unpaired) electrons. The van der Waals surface area contributed by atoms with E-state index < -0.39 is 15.6 Å². The van der Waals surface area contributed by atoms with Crippen molar-refractivity contribution in [3.05, 3.63) is 29.8 Å². The van der Waals surface area contributed by atoms with Crippen molar-refractivity contribution in [2.45, 2.75) is 44.1 Å². The first-order valence-corrected chi connectivity index (χ1v) is 12.4. The van der Waals surface area contributed by atoms with Crippen molar-refractivity contribution < 1.29 is 22.7 Å². The van der Waals surface area contributed by atoms with Crippen LogP contribution in [0.2, 0.25) is 0 Å². The van der Waals surface area contributed by atoms with Gasteiger partial charge in [-0.15, -0.1) is 4.40 Å². The quantitative estimate of drug-likeness (QED) is 0.322. The van der Waals surface area contributed by atoms with Gasteiger partial charge in [0.2, 0.25) is 0 Å². The molecule has 0 spiro atoms. The Morgan fingerprint density at radius 3 is 2.15 bits per heavy atom. The molecule has 11 heteroatoms. The van der Waals surface area contributed by atoms with E-state index in [9.17, 15) is 18.0 Å². The molecule has 1 fully saturated rings. The Bertz CT molecular complexity index is 991. The van der Waals surface area contributed by atoms with Crippen LogP contribution in [0.15, 0.2) is 33.6 Å². The molecule has 0 unspecified atom stereocenters. The third-order valence-corrected chi connectivity index (χ3v) is 6.31. The van der Waals surface area contributed by atoms with E-state index in [1.165, 1.54) is 23.4 Å². The second kappa shape index (κ2) is 11.1. The first kappa shape index (κ1) is 26.7. The van der Waals surface area contributed by atoms with Gasteiger partial charge in [-0.05, 0) is 38.5 Å². The van der Waals surface area contributed by atoms with Crippen molar-refractivity contribution in [2.24, 2.45) is 4.40 Å². The number of hydrogen-bond acceptors (Lipinski definition) is 6. The second-order valence-electron chi connectivity index (χ2n) is 9.04. The minimum Gasteiger partial charge on any atom is -0.444 e. The highest BCUT2D eigenvalue weighted by Crippen LogP contribution is 2.16. The highest BCUT2D eigenvalue weighted by Gasteiger charge is 2.27. The van der Waals surface area contributed by atoms with Gasteiger partial charge < -0.3 is 19.4 Å². The monoisotopic (exact) mass is 496 g/mol. The Kier molecular flexibility index (Phi) is 8.96. The highest BCUT2D eigenvalue weighted by molar-refractivity contribution is 7.90. The SMILES string of the molecule is CN(C)C=NS(=O)(=O)c1ccc(CC(=O)CC(=S)N2CCN(C(=O)OC(C)(C)C)CC2)cc1. The summed E-state index contributed by atoms with van der Waals surface area (Å²) in [6, 6.07) is 6.11. The number of thiocarbonyl (C=S) groups is 1. The van der Waals surface area contributed by atoms with Crippen LogP contribution in [0.25, 0.3) is 0 Å². The molecule has 0 aliphatic carbocycles. The smallest absolute Gasteiger partial charge is 0.410 e. The van der Waals surface area contributed by atoms with Gasteiger partial charge in [-0.25, -0.2) is 4.79 Å². The summed E-state index contributed by atoms with van der Waals surface area (Å²) in [7, 11) is -0.417. The van der Waals surface area contributed by atoms with Crippen molar-refractivity contribution in [1.29, 1.82) is 0 Å². The Morgan fingerprint density at radius 1 is 1.09 bits per heavy atom. The second-order valence-corrected chi connectivity index (χ2v) is 11.1. The molecule has 0 bridgehead atoms. The van der Waals surface area contributed by atoms with Crippen LogP contribution in [0.5, 0.6) is 0 Å². The van der Waals surface area contributed by atoms with Gasteiger partial charge in [0.15, 0.2) is 0 Å². The molecule has 0 N–H and O–H groups in total. The molecular formula is C22H32N4O5S2. The van der Waals surface area contributed by atoms with E-state index in [-0.39, 0.29) is 29.6 Å². The third kappa shape index (κ3) is 8.73. The predicted molar refractivity (Wildman–Crippen MR) is 131 cm³/mol. The molecule has 0 aromatic heterocycles. The normalized spacial score (nSPS) is 14.9. The van der Waals surface area contributed by atoms with Crippen molar-refractivity contribution in [3.8, 4) is 0 Å². The molecule has 0 saturated carbocycles. The van der Waals surface area contributed by atoms with Gasteiger partial charge in [0.05, 0.1) is 16.3 Å². The van der Waals surface area contributed by atoms with E-state index in [0.717, 1.165) is 0 Å². The number of piperazine rings is 1. The zero-order valence-corrected chi connectivity index (χ0v) is 21.4. The summed E-state index contributed by atoms with van der Waals surface area (Å²) < 4.78 is 33.3. The van der Waals surface area contributed by atoms with Gasteiger partial charge >= 0.3 is 6.09 Å². The third-order valence-electron chi connectivity index (χ3n) is 4.67. The average Bonchev–Trinajstić information content (AvgIpc) is 2.71. The van der Waals surface area contributed by atoms with Crippen LogP contribution in [-0.4, -0.2) is 92.2 Å². The number of amides is 1. The van der Waals surface area contributed by atoms with E-state index in [1.54, 1.807) is 31.1 Å². The highest BCUT2D eigenvalue weighted by atomic mass is 32.2. The topological polar surface area (TPSA) is 99.6 Å². The molecular weight excluding hydrogens is 464 g/mol. The Morgan fingerprint density at radius 2 is 1.64 bits per heavy atom. The van der Waals surface area contributed by atoms with Crippen molar-refractivity contribution in [3.63, 3.8) is 0 Å². The molecule has 9 nitrogen and oxygen atoms in total. The summed E-state index contributed by atoms with van der Waals surface area (Å²) in [4.78, 5) is 30.4. The van der Waals surface area contributed by atoms with Crippen molar-refractivity contribution >= 4 is 45.4 Å². The largest absolute Gasteiger partial charge is 0.444 e. The van der Waals surface area contributed by atoms with Gasteiger partial charge in [-0.1, -0.05) is 24.4 Å². The van der Waals surface area contributed by atoms with E-state index in [4.69, 9.17) is 17.0 Å². The average molecular weight is 497 g/mol. The summed E-state index contributed by atoms with van der Waals surface area (Å²) >= 11 is 5.45. The molecule has 1 aromatic rings. The van der Waals surface area contributed by atoms with E-state index in [0.29, 0.717) is 36.7 Å². The first-order chi connectivity index (χ1) is 15.3. The van der Waals surface area contributed by atoms with E-state index >= 15 is 0 Å². The molecule has 33 heavy (non-hydrogen) atoms. The number of nitrogens with zero attached hydrogens (tertiary/aromatic N) is 4. The van der Waals surface area contributed by atoms with Gasteiger partial charge in [0.1, 0.15) is 17.7 Å². The van der Waals surface area contributed by atoms with Crippen LogP contribution in [0.3, 0.4) is 0 Å². The van der Waals surface area contributed by atoms with Crippen LogP contribution in [0.4, 0.5) is 4.79 Å². The van der Waals surface area contributed by atoms with Gasteiger partial charge in [0.25, 0.3) is 10.0 Å². The zero-order valence-electron chi connectivity index (χ0n) is 19.8. The lowest BCUT2D eigenvalue weighted by Gasteiger charge is -2.36. The minimum absolute atomic E-state index is 0.0594. The predicted octanol–water partition coefficient (Wildman–Crippen LogP) is 2.35. The van der Waals surface area contributed by atoms with Gasteiger partial charge in [-0.2, -0.15) is 8.42 Å². The number of carbonyl (C=O) groups excluding carboxylic acids is 2. The number of benzene rings is 1. The maximum Gasteiger partial charge on any atom is 0.410 e. The lowest BCUT2D eigenvalue weighted by atomic mass is 10.1. The van der Waals surface area contributed by atoms with E-state index in [2.05, 4.69) is 4.40 Å². The molecule has 1 heterocycles. The van der Waals surface area contributed by atoms with Crippen molar-refractivity contribution in [2.75, 3.05) is 40.3 Å². The Labute approximate surface area is 201 Å². The zero-order chi connectivity index (χ0) is 24.8. The summed E-state index contributed by atoms with van der Waals surface area (Å²) in [5.74, 6) is -0.0594. The lowest BCUT2D eigenvalue weighted by molar-refractivity contribution is -0.117. The fourth-order valence-electron chi connectivity index (χ4n) is 3.03. The summed E-state index contributed by atoms with van der Waals surface area (Å²) in [5, 5.41) is 0. The molecule has 1 aromatic carbocycles. The van der Waals surface area contributed by atoms with Crippen LogP contribution in [-0.2, 0) is 26.0 Å². The number of ketones is 1. The summed E-state index contributed by atoms with van der Waals surface area (Å²) in [6.07, 6.45) is 1.15. The van der Waals surface area contributed by atoms with Crippen LogP contribution in [0.1, 0.15) is 32.8 Å². The number of hydrogen-bond donors (Lipinski definition) is 0. The molecule has 0 atom stereocenters. The molecule has 1 saturated heterocycles. The van der Waals surface area contributed by atoms with Crippen LogP contribution < -0.4 is 0 Å². The number of rotatable bonds is 7. The Hall–Kier alpha value is -2.53. The van der Waals surface area contributed by atoms with Crippen LogP contribution in [0, 0.1) is 0 Å². The molecule has 1 aliphatic rings. The fourth-order valence-corrected chi connectivity index (χ4v) is 4.29. The number of sulfonamides is 1. The summed E-state index contributed by atoms with van der Waals surface area (Å²) in [6.45, 7) is 7.54. The van der Waals surface area contributed by atoms with Gasteiger partial charge in [-0.3, -0.25) is 4.79 Å². The van der Waals surface area contributed by atoms with Crippen molar-refractivity contribution in [1.82, 2.24) is 14.7 Å². The van der Waals surface area contributed by atoms with E-state index in [1.807, 2.05) is 25.7 Å². The number of Topliss-reactive ketones (excluding diaryl/α,β-unsaturated/α-hetero) is 1. The molecule has 1 amide bonds.